The van der Waals surface area contributed by atoms with Crippen molar-refractivity contribution in [3.63, 3.8) is 0 Å². The summed E-state index contributed by atoms with van der Waals surface area (Å²) in [5.41, 5.74) is 2.03. The molecule has 1 amide bonds. The van der Waals surface area contributed by atoms with Crippen LogP contribution in [0.3, 0.4) is 0 Å². The Morgan fingerprint density at radius 2 is 1.79 bits per heavy atom. The molecule has 42 heavy (non-hydrogen) atoms. The number of carbonyl (C=O) groups is 1. The molecule has 0 bridgehead atoms. The Morgan fingerprint density at radius 3 is 2.45 bits per heavy atom. The number of nitrogens with zero attached hydrogens (tertiary/aromatic N) is 7. The standard InChI is InChI=1S/C27H30ClN9O4S/c1-16-13-18(17(2)31-20-5-6-21(28)32-24(20)25(38)34-42(4,40)41)23-19(14-16)26(39)35(3)27(33-23)37-11-9-36(10-12-37)22-15-29-7-8-30-22/h5-8,13-15,17,31H,9-12H2,1-4H3,(H,34,38)/t17-/m1/s1. The van der Waals surface area contributed by atoms with E-state index in [0.717, 1.165) is 23.2 Å². The quantitative estimate of drug-likeness (QED) is 0.296. The zero-order valence-corrected chi connectivity index (χ0v) is 25.1. The molecule has 3 aromatic heterocycles. The van der Waals surface area contributed by atoms with Gasteiger partial charge in [0, 0.05) is 51.2 Å². The van der Waals surface area contributed by atoms with Crippen molar-refractivity contribution in [3.05, 3.63) is 75.2 Å². The highest BCUT2D eigenvalue weighted by molar-refractivity contribution is 7.89. The van der Waals surface area contributed by atoms with Crippen LogP contribution in [0.25, 0.3) is 10.9 Å². The number of carbonyl (C=O) groups excluding carboxylic acids is 1. The van der Waals surface area contributed by atoms with Crippen LogP contribution >= 0.6 is 11.6 Å². The molecule has 0 spiro atoms. The molecule has 0 aliphatic carbocycles. The van der Waals surface area contributed by atoms with Crippen molar-refractivity contribution in [2.75, 3.05) is 47.6 Å². The van der Waals surface area contributed by atoms with E-state index in [-0.39, 0.29) is 22.1 Å². The van der Waals surface area contributed by atoms with Crippen molar-refractivity contribution in [2.24, 2.45) is 7.05 Å². The molecule has 4 aromatic rings. The number of rotatable bonds is 7. The summed E-state index contributed by atoms with van der Waals surface area (Å²) in [5, 5.41) is 3.73. The van der Waals surface area contributed by atoms with Gasteiger partial charge in [-0.1, -0.05) is 17.7 Å². The Kier molecular flexibility index (Phi) is 8.01. The van der Waals surface area contributed by atoms with E-state index in [1.165, 1.54) is 6.07 Å². The number of aryl methyl sites for hydroxylation is 1. The van der Waals surface area contributed by atoms with Gasteiger partial charge in [-0.3, -0.25) is 19.1 Å². The smallest absolute Gasteiger partial charge is 0.285 e. The first-order chi connectivity index (χ1) is 19.9. The van der Waals surface area contributed by atoms with Crippen LogP contribution in [0.5, 0.6) is 0 Å². The number of amides is 1. The van der Waals surface area contributed by atoms with Gasteiger partial charge in [-0.15, -0.1) is 0 Å². The van der Waals surface area contributed by atoms with E-state index in [0.29, 0.717) is 43.0 Å². The summed E-state index contributed by atoms with van der Waals surface area (Å²) in [6, 6.07) is 6.33. The van der Waals surface area contributed by atoms with Crippen molar-refractivity contribution in [3.8, 4) is 0 Å². The molecular weight excluding hydrogens is 582 g/mol. The van der Waals surface area contributed by atoms with Gasteiger partial charge in [0.05, 0.1) is 35.1 Å². The maximum atomic E-state index is 13.6. The van der Waals surface area contributed by atoms with Gasteiger partial charge in [-0.05, 0) is 37.6 Å². The Bertz CT molecular complexity index is 1830. The second kappa shape index (κ2) is 11.5. The lowest BCUT2D eigenvalue weighted by molar-refractivity contribution is 0.0977. The summed E-state index contributed by atoms with van der Waals surface area (Å²) >= 11 is 6.02. The Morgan fingerprint density at radius 1 is 1.07 bits per heavy atom. The highest BCUT2D eigenvalue weighted by Crippen LogP contribution is 2.29. The minimum atomic E-state index is -3.83. The molecule has 1 atom stereocenters. The van der Waals surface area contributed by atoms with Crippen molar-refractivity contribution in [1.29, 1.82) is 0 Å². The highest BCUT2D eigenvalue weighted by Gasteiger charge is 2.25. The van der Waals surface area contributed by atoms with Crippen molar-refractivity contribution in [1.82, 2.24) is 29.2 Å². The molecule has 2 N–H and O–H groups in total. The minimum absolute atomic E-state index is 0.0297. The van der Waals surface area contributed by atoms with Crippen LogP contribution < -0.4 is 25.4 Å². The summed E-state index contributed by atoms with van der Waals surface area (Å²) in [7, 11) is -2.11. The van der Waals surface area contributed by atoms with Gasteiger partial charge in [-0.2, -0.15) is 0 Å². The second-order valence-corrected chi connectivity index (χ2v) is 12.3. The summed E-state index contributed by atoms with van der Waals surface area (Å²) in [4.78, 5) is 48.1. The normalized spacial score (nSPS) is 14.6. The lowest BCUT2D eigenvalue weighted by atomic mass is 10.0. The number of hydrogen-bond acceptors (Lipinski definition) is 11. The Balaban J connectivity index is 1.49. The van der Waals surface area contributed by atoms with Gasteiger partial charge in [0.2, 0.25) is 16.0 Å². The zero-order chi connectivity index (χ0) is 30.2. The number of halogens is 1. The number of nitrogens with one attached hydrogen (secondary N) is 2. The molecule has 1 aromatic carbocycles. The summed E-state index contributed by atoms with van der Waals surface area (Å²) in [6.45, 7) is 6.39. The molecule has 13 nitrogen and oxygen atoms in total. The second-order valence-electron chi connectivity index (χ2n) is 10.2. The van der Waals surface area contributed by atoms with E-state index in [1.807, 2.05) is 30.7 Å². The van der Waals surface area contributed by atoms with E-state index < -0.39 is 22.0 Å². The first kappa shape index (κ1) is 29.2. The van der Waals surface area contributed by atoms with Crippen LogP contribution in [0.4, 0.5) is 17.5 Å². The van der Waals surface area contributed by atoms with E-state index in [9.17, 15) is 18.0 Å². The minimum Gasteiger partial charge on any atom is -0.377 e. The first-order valence-electron chi connectivity index (χ1n) is 13.1. The third kappa shape index (κ3) is 6.14. The molecule has 1 aliphatic heterocycles. The average Bonchev–Trinajstić information content (AvgIpc) is 2.95. The largest absolute Gasteiger partial charge is 0.377 e. The van der Waals surface area contributed by atoms with E-state index in [1.54, 1.807) is 36.3 Å². The van der Waals surface area contributed by atoms with Crippen molar-refractivity contribution >= 4 is 55.9 Å². The van der Waals surface area contributed by atoms with E-state index >= 15 is 0 Å². The lowest BCUT2D eigenvalue weighted by Crippen LogP contribution is -2.48. The first-order valence-corrected chi connectivity index (χ1v) is 15.4. The summed E-state index contributed by atoms with van der Waals surface area (Å²) in [6.07, 6.45) is 5.91. The van der Waals surface area contributed by atoms with Gasteiger partial charge < -0.3 is 15.1 Å². The molecule has 0 saturated carbocycles. The van der Waals surface area contributed by atoms with Gasteiger partial charge in [0.1, 0.15) is 11.0 Å². The molecule has 1 fully saturated rings. The van der Waals surface area contributed by atoms with Crippen LogP contribution in [-0.2, 0) is 17.1 Å². The topological polar surface area (TPSA) is 155 Å². The molecule has 220 valence electrons. The molecule has 4 heterocycles. The number of benzene rings is 1. The highest BCUT2D eigenvalue weighted by atomic mass is 35.5. The summed E-state index contributed by atoms with van der Waals surface area (Å²) in [5.74, 6) is 0.431. The Labute approximate surface area is 247 Å². The predicted molar refractivity (Wildman–Crippen MR) is 162 cm³/mol. The number of piperazine rings is 1. The van der Waals surface area contributed by atoms with E-state index in [2.05, 4.69) is 30.1 Å². The lowest BCUT2D eigenvalue weighted by Gasteiger charge is -2.36. The van der Waals surface area contributed by atoms with Crippen LogP contribution in [0.15, 0.2) is 47.7 Å². The molecule has 1 saturated heterocycles. The molecule has 0 unspecified atom stereocenters. The zero-order valence-electron chi connectivity index (χ0n) is 23.5. The number of fused-ring (bicyclic) bond motifs is 1. The fourth-order valence-electron chi connectivity index (χ4n) is 5.00. The van der Waals surface area contributed by atoms with Crippen molar-refractivity contribution < 1.29 is 13.2 Å². The number of aromatic nitrogens is 5. The number of anilines is 3. The van der Waals surface area contributed by atoms with Crippen LogP contribution in [0.1, 0.15) is 34.6 Å². The van der Waals surface area contributed by atoms with Gasteiger partial charge >= 0.3 is 0 Å². The average molecular weight is 612 g/mol. The SMILES string of the molecule is Cc1cc([C@@H](C)Nc2ccc(Cl)nc2C(=O)NS(C)(=O)=O)c2nc(N3CCN(c4cnccn4)CC3)n(C)c(=O)c2c1. The molecule has 1 aliphatic rings. The molecule has 5 rings (SSSR count). The van der Waals surface area contributed by atoms with E-state index in [4.69, 9.17) is 16.6 Å². The van der Waals surface area contributed by atoms with Gasteiger partial charge in [-0.25, -0.2) is 28.1 Å². The molecule has 15 heteroatoms. The molecule has 0 radical (unpaired) electrons. The van der Waals surface area contributed by atoms with Crippen LogP contribution in [-0.4, -0.2) is 71.3 Å². The monoisotopic (exact) mass is 611 g/mol. The third-order valence-electron chi connectivity index (χ3n) is 6.96. The fraction of sp³-hybridized carbons (Fsp3) is 0.333. The number of pyridine rings is 1. The Hall–Kier alpha value is -4.30. The molecular formula is C27H30ClN9O4S. The van der Waals surface area contributed by atoms with Crippen molar-refractivity contribution in [2.45, 2.75) is 19.9 Å². The number of sulfonamides is 1. The maximum Gasteiger partial charge on any atom is 0.285 e. The number of hydrogen-bond donors (Lipinski definition) is 2. The van der Waals surface area contributed by atoms with Crippen LogP contribution in [0.2, 0.25) is 5.15 Å². The fourth-order valence-corrected chi connectivity index (χ4v) is 5.58. The maximum absolute atomic E-state index is 13.6. The van der Waals surface area contributed by atoms with Gasteiger partial charge in [0.15, 0.2) is 5.69 Å². The predicted octanol–water partition coefficient (Wildman–Crippen LogP) is 2.27. The summed E-state index contributed by atoms with van der Waals surface area (Å²) < 4.78 is 26.9. The third-order valence-corrected chi connectivity index (χ3v) is 7.73. The van der Waals surface area contributed by atoms with Crippen LogP contribution in [0, 0.1) is 6.92 Å². The van der Waals surface area contributed by atoms with Gasteiger partial charge in [0.25, 0.3) is 11.5 Å².